The smallest absolute Gasteiger partial charge is 0.240 e. The fourth-order valence-corrected chi connectivity index (χ4v) is 3.77. The van der Waals surface area contributed by atoms with Gasteiger partial charge in [-0.1, -0.05) is 12.1 Å². The Morgan fingerprint density at radius 2 is 2.19 bits per heavy atom. The summed E-state index contributed by atoms with van der Waals surface area (Å²) in [7, 11) is 0.464. The van der Waals surface area contributed by atoms with Gasteiger partial charge in [0, 0.05) is 18.6 Å². The molecule has 118 valence electrons. The zero-order valence-corrected chi connectivity index (χ0v) is 13.8. The van der Waals surface area contributed by atoms with Crippen LogP contribution in [-0.2, 0) is 10.0 Å². The molecule has 1 aliphatic rings. The Hall–Kier alpha value is -0.950. The zero-order valence-electron chi connectivity index (χ0n) is 13.0. The second-order valence-electron chi connectivity index (χ2n) is 5.71. The molecule has 0 aliphatic carbocycles. The van der Waals surface area contributed by atoms with Gasteiger partial charge in [-0.15, -0.1) is 0 Å². The van der Waals surface area contributed by atoms with Crippen molar-refractivity contribution in [2.45, 2.75) is 36.7 Å². The van der Waals surface area contributed by atoms with E-state index in [9.17, 15) is 8.42 Å². The monoisotopic (exact) mass is 311 g/mol. The summed E-state index contributed by atoms with van der Waals surface area (Å²) in [6.07, 6.45) is 2.19. The van der Waals surface area contributed by atoms with Crippen LogP contribution in [0.3, 0.4) is 0 Å². The summed E-state index contributed by atoms with van der Waals surface area (Å²) in [6, 6.07) is 7.54. The molecule has 2 N–H and O–H groups in total. The van der Waals surface area contributed by atoms with Gasteiger partial charge in [0.25, 0.3) is 0 Å². The van der Waals surface area contributed by atoms with Crippen LogP contribution in [0.4, 0.5) is 0 Å². The van der Waals surface area contributed by atoms with Gasteiger partial charge < -0.3 is 10.2 Å². The maximum atomic E-state index is 12.4. The lowest BCUT2D eigenvalue weighted by Gasteiger charge is -2.20. The molecule has 1 fully saturated rings. The fraction of sp³-hybridized carbons (Fsp3) is 0.600. The minimum atomic E-state index is -3.44. The molecular weight excluding hydrogens is 286 g/mol. The largest absolute Gasteiger partial charge is 0.313 e. The second kappa shape index (κ2) is 6.87. The van der Waals surface area contributed by atoms with E-state index in [4.69, 9.17) is 0 Å². The molecule has 2 rings (SSSR count). The lowest BCUT2D eigenvalue weighted by Crippen LogP contribution is -2.38. The molecule has 1 saturated heterocycles. The predicted octanol–water partition coefficient (Wildman–Crippen LogP) is 1.34. The third kappa shape index (κ3) is 4.03. The Bertz CT molecular complexity index is 574. The molecule has 0 spiro atoms. The Morgan fingerprint density at radius 1 is 1.43 bits per heavy atom. The van der Waals surface area contributed by atoms with E-state index in [1.165, 1.54) is 0 Å². The summed E-state index contributed by atoms with van der Waals surface area (Å²) >= 11 is 0. The number of nitrogens with one attached hydrogen (secondary N) is 2. The van der Waals surface area contributed by atoms with E-state index < -0.39 is 10.0 Å². The summed E-state index contributed by atoms with van der Waals surface area (Å²) in [6.45, 7) is 3.53. The van der Waals surface area contributed by atoms with Gasteiger partial charge in [0.1, 0.15) is 0 Å². The first kappa shape index (κ1) is 16.4. The molecule has 0 aromatic heterocycles. The average molecular weight is 311 g/mol. The van der Waals surface area contributed by atoms with Crippen LogP contribution in [0.25, 0.3) is 0 Å². The molecule has 2 atom stereocenters. The summed E-state index contributed by atoms with van der Waals surface area (Å²) < 4.78 is 27.6. The van der Waals surface area contributed by atoms with Crippen molar-refractivity contribution < 1.29 is 8.42 Å². The molecule has 1 aliphatic heterocycles. The second-order valence-corrected chi connectivity index (χ2v) is 7.48. The van der Waals surface area contributed by atoms with E-state index in [1.54, 1.807) is 18.2 Å². The highest BCUT2D eigenvalue weighted by atomic mass is 32.2. The van der Waals surface area contributed by atoms with Gasteiger partial charge in [-0.05, 0) is 58.1 Å². The number of sulfonamides is 1. The molecular formula is C15H25N3O2S. The number of nitrogens with zero attached hydrogens (tertiary/aromatic N) is 1. The third-order valence-electron chi connectivity index (χ3n) is 4.28. The Morgan fingerprint density at radius 3 is 2.81 bits per heavy atom. The molecule has 1 aromatic carbocycles. The Labute approximate surface area is 127 Å². The molecule has 21 heavy (non-hydrogen) atoms. The van der Waals surface area contributed by atoms with Crippen molar-refractivity contribution in [2.75, 3.05) is 27.2 Å². The highest BCUT2D eigenvalue weighted by Crippen LogP contribution is 2.18. The summed E-state index contributed by atoms with van der Waals surface area (Å²) in [5.74, 6) is 0. The lowest BCUT2D eigenvalue weighted by molar-refractivity contribution is 0.311. The van der Waals surface area contributed by atoms with Crippen molar-refractivity contribution in [3.8, 4) is 0 Å². The quantitative estimate of drug-likeness (QED) is 0.832. The van der Waals surface area contributed by atoms with Crippen LogP contribution < -0.4 is 10.0 Å². The van der Waals surface area contributed by atoms with E-state index >= 15 is 0 Å². The van der Waals surface area contributed by atoms with E-state index in [2.05, 4.69) is 14.9 Å². The Kier molecular flexibility index (Phi) is 5.37. The van der Waals surface area contributed by atoms with Crippen molar-refractivity contribution in [1.82, 2.24) is 14.9 Å². The summed E-state index contributed by atoms with van der Waals surface area (Å²) in [5.41, 5.74) is 0.971. The van der Waals surface area contributed by atoms with Crippen LogP contribution in [0.1, 0.15) is 31.4 Å². The van der Waals surface area contributed by atoms with Gasteiger partial charge in [0.2, 0.25) is 10.0 Å². The van der Waals surface area contributed by atoms with Crippen molar-refractivity contribution in [1.29, 1.82) is 0 Å². The van der Waals surface area contributed by atoms with Crippen LogP contribution >= 0.6 is 0 Å². The molecule has 6 heteroatoms. The highest BCUT2D eigenvalue weighted by Gasteiger charge is 2.23. The van der Waals surface area contributed by atoms with E-state index in [0.717, 1.165) is 24.9 Å². The molecule has 2 unspecified atom stereocenters. The molecule has 0 amide bonds. The van der Waals surface area contributed by atoms with Crippen molar-refractivity contribution in [3.63, 3.8) is 0 Å². The van der Waals surface area contributed by atoms with Gasteiger partial charge in [-0.2, -0.15) is 0 Å². The lowest BCUT2D eigenvalue weighted by atomic mass is 10.1. The first-order chi connectivity index (χ1) is 9.94. The molecule has 1 heterocycles. The number of hydrogen-bond acceptors (Lipinski definition) is 4. The Balaban J connectivity index is 2.08. The molecule has 0 radical (unpaired) electrons. The van der Waals surface area contributed by atoms with Crippen LogP contribution in [0, 0.1) is 0 Å². The summed E-state index contributed by atoms with van der Waals surface area (Å²) in [4.78, 5) is 2.55. The first-order valence-electron chi connectivity index (χ1n) is 7.41. The molecule has 5 nitrogen and oxygen atoms in total. The first-order valence-corrected chi connectivity index (χ1v) is 8.89. The maximum absolute atomic E-state index is 12.4. The van der Waals surface area contributed by atoms with Gasteiger partial charge in [-0.3, -0.25) is 0 Å². The topological polar surface area (TPSA) is 61.4 Å². The van der Waals surface area contributed by atoms with E-state index in [-0.39, 0.29) is 6.04 Å². The zero-order chi connectivity index (χ0) is 15.5. The fourth-order valence-electron chi connectivity index (χ4n) is 2.64. The van der Waals surface area contributed by atoms with E-state index in [1.807, 2.05) is 27.1 Å². The van der Waals surface area contributed by atoms with Crippen molar-refractivity contribution in [2.24, 2.45) is 0 Å². The van der Waals surface area contributed by atoms with Crippen molar-refractivity contribution in [3.05, 3.63) is 29.8 Å². The van der Waals surface area contributed by atoms with Gasteiger partial charge >= 0.3 is 0 Å². The predicted molar refractivity (Wildman–Crippen MR) is 84.8 cm³/mol. The standard InChI is InChI=1S/C15H25N3O2S/c1-12(16-2)13-6-4-8-15(10-13)21(19,20)17-11-14-7-5-9-18(14)3/h4,6,8,10,12,14,16-17H,5,7,9,11H2,1-3H3. The SMILES string of the molecule is CNC(C)c1cccc(S(=O)(=O)NCC2CCCN2C)c1. The van der Waals surface area contributed by atoms with Crippen LogP contribution in [0.15, 0.2) is 29.2 Å². The van der Waals surface area contributed by atoms with Crippen LogP contribution in [0.2, 0.25) is 0 Å². The van der Waals surface area contributed by atoms with Gasteiger partial charge in [0.15, 0.2) is 0 Å². The number of likely N-dealkylation sites (tertiary alicyclic amines) is 1. The molecule has 0 saturated carbocycles. The average Bonchev–Trinajstić information content (AvgIpc) is 2.90. The van der Waals surface area contributed by atoms with Crippen LogP contribution in [0.5, 0.6) is 0 Å². The van der Waals surface area contributed by atoms with Gasteiger partial charge in [0.05, 0.1) is 4.90 Å². The van der Waals surface area contributed by atoms with Crippen LogP contribution in [-0.4, -0.2) is 46.5 Å². The molecule has 0 bridgehead atoms. The number of rotatable bonds is 6. The highest BCUT2D eigenvalue weighted by molar-refractivity contribution is 7.89. The maximum Gasteiger partial charge on any atom is 0.240 e. The minimum absolute atomic E-state index is 0.126. The minimum Gasteiger partial charge on any atom is -0.313 e. The third-order valence-corrected chi connectivity index (χ3v) is 5.70. The van der Waals surface area contributed by atoms with Gasteiger partial charge in [-0.25, -0.2) is 13.1 Å². The summed E-state index contributed by atoms with van der Waals surface area (Å²) in [5, 5.41) is 3.12. The molecule has 1 aromatic rings. The number of likely N-dealkylation sites (N-methyl/N-ethyl adjacent to an activating group) is 1. The van der Waals surface area contributed by atoms with Crippen molar-refractivity contribution >= 4 is 10.0 Å². The normalized spacial score (nSPS) is 21.6. The number of hydrogen-bond donors (Lipinski definition) is 2. The number of benzene rings is 1. The van der Waals surface area contributed by atoms with E-state index in [0.29, 0.717) is 17.5 Å².